The third-order valence-electron chi connectivity index (χ3n) is 2.31. The number of aromatic nitrogens is 1. The van der Waals surface area contributed by atoms with Gasteiger partial charge in [-0.25, -0.2) is 4.79 Å². The van der Waals surface area contributed by atoms with E-state index in [9.17, 15) is 4.79 Å². The largest absolute Gasteiger partial charge is 0.478 e. The molecular formula is C11H11NO3. The molecule has 2 N–H and O–H groups in total. The van der Waals surface area contributed by atoms with Crippen LogP contribution in [-0.4, -0.2) is 23.2 Å². The van der Waals surface area contributed by atoms with Gasteiger partial charge < -0.3 is 14.8 Å². The first-order valence-electron chi connectivity index (χ1n) is 4.54. The van der Waals surface area contributed by atoms with Crippen LogP contribution in [0.15, 0.2) is 24.4 Å². The minimum Gasteiger partial charge on any atom is -0.478 e. The van der Waals surface area contributed by atoms with Gasteiger partial charge >= 0.3 is 5.97 Å². The molecule has 15 heavy (non-hydrogen) atoms. The van der Waals surface area contributed by atoms with Gasteiger partial charge in [0.05, 0.1) is 12.2 Å². The van der Waals surface area contributed by atoms with Crippen LogP contribution in [0, 0.1) is 0 Å². The van der Waals surface area contributed by atoms with Gasteiger partial charge in [0.15, 0.2) is 0 Å². The van der Waals surface area contributed by atoms with Gasteiger partial charge in [0.25, 0.3) is 0 Å². The van der Waals surface area contributed by atoms with Crippen LogP contribution in [0.1, 0.15) is 15.9 Å². The van der Waals surface area contributed by atoms with E-state index in [1.807, 2.05) is 6.20 Å². The van der Waals surface area contributed by atoms with E-state index in [-0.39, 0.29) is 5.56 Å². The lowest BCUT2D eigenvalue weighted by Gasteiger charge is -1.97. The summed E-state index contributed by atoms with van der Waals surface area (Å²) in [4.78, 5) is 13.8. The first-order valence-corrected chi connectivity index (χ1v) is 4.54. The second-order valence-electron chi connectivity index (χ2n) is 3.31. The van der Waals surface area contributed by atoms with Gasteiger partial charge in [-0.3, -0.25) is 0 Å². The normalized spacial score (nSPS) is 10.7. The molecule has 0 spiro atoms. The molecule has 2 rings (SSSR count). The van der Waals surface area contributed by atoms with Crippen LogP contribution in [0.2, 0.25) is 0 Å². The summed E-state index contributed by atoms with van der Waals surface area (Å²) >= 11 is 0. The number of aromatic amines is 1. The summed E-state index contributed by atoms with van der Waals surface area (Å²) in [6.07, 6.45) is 1.83. The number of rotatable bonds is 3. The van der Waals surface area contributed by atoms with Crippen LogP contribution in [-0.2, 0) is 11.3 Å². The van der Waals surface area contributed by atoms with E-state index in [4.69, 9.17) is 9.84 Å². The van der Waals surface area contributed by atoms with Crippen molar-refractivity contribution < 1.29 is 14.6 Å². The molecule has 4 nitrogen and oxygen atoms in total. The highest BCUT2D eigenvalue weighted by Crippen LogP contribution is 2.20. The van der Waals surface area contributed by atoms with Crippen LogP contribution in [0.4, 0.5) is 0 Å². The molecule has 1 aromatic heterocycles. The fourth-order valence-electron chi connectivity index (χ4n) is 1.59. The second kappa shape index (κ2) is 3.74. The fourth-order valence-corrected chi connectivity index (χ4v) is 1.59. The summed E-state index contributed by atoms with van der Waals surface area (Å²) in [6, 6.07) is 5.01. The third-order valence-corrected chi connectivity index (χ3v) is 2.31. The van der Waals surface area contributed by atoms with Crippen molar-refractivity contribution in [3.8, 4) is 0 Å². The van der Waals surface area contributed by atoms with E-state index in [2.05, 4.69) is 4.98 Å². The summed E-state index contributed by atoms with van der Waals surface area (Å²) in [5.41, 5.74) is 2.14. The lowest BCUT2D eigenvalue weighted by Crippen LogP contribution is -1.95. The molecule has 78 valence electrons. The molecule has 0 aliphatic heterocycles. The fraction of sp³-hybridized carbons (Fsp3) is 0.182. The van der Waals surface area contributed by atoms with Gasteiger partial charge in [-0.1, -0.05) is 6.07 Å². The molecule has 0 bridgehead atoms. The highest BCUT2D eigenvalue weighted by Gasteiger charge is 2.07. The Kier molecular flexibility index (Phi) is 2.43. The average Bonchev–Trinajstić information content (AvgIpc) is 2.61. The van der Waals surface area contributed by atoms with Gasteiger partial charge in [0.2, 0.25) is 0 Å². The molecule has 0 saturated carbocycles. The third kappa shape index (κ3) is 1.71. The molecule has 0 atom stereocenters. The van der Waals surface area contributed by atoms with Crippen molar-refractivity contribution in [2.75, 3.05) is 7.11 Å². The number of H-pyrrole nitrogens is 1. The predicted octanol–water partition coefficient (Wildman–Crippen LogP) is 2.01. The average molecular weight is 205 g/mol. The molecule has 1 aromatic carbocycles. The zero-order valence-electron chi connectivity index (χ0n) is 8.28. The Balaban J connectivity index is 2.51. The van der Waals surface area contributed by atoms with E-state index in [1.54, 1.807) is 25.3 Å². The number of carboxylic acid groups (broad SMARTS) is 1. The van der Waals surface area contributed by atoms with Gasteiger partial charge in [0.1, 0.15) is 0 Å². The zero-order valence-corrected chi connectivity index (χ0v) is 8.28. The molecule has 0 amide bonds. The van der Waals surface area contributed by atoms with Crippen molar-refractivity contribution >= 4 is 16.9 Å². The topological polar surface area (TPSA) is 62.3 Å². The Hall–Kier alpha value is -1.81. The molecule has 0 aliphatic carbocycles. The summed E-state index contributed by atoms with van der Waals surface area (Å²) in [5, 5.41) is 9.82. The molecule has 0 fully saturated rings. The maximum atomic E-state index is 10.7. The minimum atomic E-state index is -0.917. The number of hydrogen-bond acceptors (Lipinski definition) is 2. The first kappa shape index (κ1) is 9.73. The lowest BCUT2D eigenvalue weighted by atomic mass is 10.1. The van der Waals surface area contributed by atoms with Crippen molar-refractivity contribution in [3.63, 3.8) is 0 Å². The van der Waals surface area contributed by atoms with Crippen LogP contribution >= 0.6 is 0 Å². The quantitative estimate of drug-likeness (QED) is 0.805. The summed E-state index contributed by atoms with van der Waals surface area (Å²) < 4.78 is 5.04. The monoisotopic (exact) mass is 205 g/mol. The molecule has 2 aromatic rings. The smallest absolute Gasteiger partial charge is 0.335 e. The number of carboxylic acids is 1. The summed E-state index contributed by atoms with van der Waals surface area (Å²) in [7, 11) is 1.63. The van der Waals surface area contributed by atoms with E-state index in [0.717, 1.165) is 16.5 Å². The SMILES string of the molecule is COCc1c[nH]c2cc(C(=O)O)ccc12. The van der Waals surface area contributed by atoms with E-state index in [0.29, 0.717) is 6.61 Å². The number of ether oxygens (including phenoxy) is 1. The van der Waals surface area contributed by atoms with Crippen LogP contribution in [0.3, 0.4) is 0 Å². The molecule has 4 heteroatoms. The Morgan fingerprint density at radius 3 is 3.00 bits per heavy atom. The Labute approximate surface area is 86.5 Å². The van der Waals surface area contributed by atoms with Crippen molar-refractivity contribution in [2.45, 2.75) is 6.61 Å². The number of aromatic carboxylic acids is 1. The van der Waals surface area contributed by atoms with Gasteiger partial charge in [-0.05, 0) is 12.1 Å². The summed E-state index contributed by atoms with van der Waals surface area (Å²) in [5.74, 6) is -0.917. The van der Waals surface area contributed by atoms with Crippen LogP contribution < -0.4 is 0 Å². The lowest BCUT2D eigenvalue weighted by molar-refractivity contribution is 0.0697. The molecular weight excluding hydrogens is 194 g/mol. The molecule has 0 aliphatic rings. The highest BCUT2D eigenvalue weighted by atomic mass is 16.5. The van der Waals surface area contributed by atoms with E-state index in [1.165, 1.54) is 0 Å². The molecule has 0 unspecified atom stereocenters. The predicted molar refractivity (Wildman–Crippen MR) is 56.0 cm³/mol. The maximum absolute atomic E-state index is 10.7. The standard InChI is InChI=1S/C11H11NO3/c1-15-6-8-5-12-10-4-7(11(13)14)2-3-9(8)10/h2-5,12H,6H2,1H3,(H,13,14). The van der Waals surface area contributed by atoms with Gasteiger partial charge in [0, 0.05) is 29.8 Å². The number of methoxy groups -OCH3 is 1. The van der Waals surface area contributed by atoms with Gasteiger partial charge in [-0.2, -0.15) is 0 Å². The molecule has 1 heterocycles. The second-order valence-corrected chi connectivity index (χ2v) is 3.31. The maximum Gasteiger partial charge on any atom is 0.335 e. The molecule has 0 saturated heterocycles. The number of benzene rings is 1. The van der Waals surface area contributed by atoms with Crippen molar-refractivity contribution in [1.82, 2.24) is 4.98 Å². The Morgan fingerprint density at radius 1 is 1.53 bits per heavy atom. The summed E-state index contributed by atoms with van der Waals surface area (Å²) in [6.45, 7) is 0.520. The van der Waals surface area contributed by atoms with Crippen molar-refractivity contribution in [3.05, 3.63) is 35.5 Å². The minimum absolute atomic E-state index is 0.285. The van der Waals surface area contributed by atoms with Crippen molar-refractivity contribution in [2.24, 2.45) is 0 Å². The van der Waals surface area contributed by atoms with Crippen LogP contribution in [0.5, 0.6) is 0 Å². The van der Waals surface area contributed by atoms with E-state index >= 15 is 0 Å². The van der Waals surface area contributed by atoms with Gasteiger partial charge in [-0.15, -0.1) is 0 Å². The van der Waals surface area contributed by atoms with E-state index < -0.39 is 5.97 Å². The molecule has 0 radical (unpaired) electrons. The number of hydrogen-bond donors (Lipinski definition) is 2. The highest BCUT2D eigenvalue weighted by molar-refractivity contribution is 5.94. The number of fused-ring (bicyclic) bond motifs is 1. The van der Waals surface area contributed by atoms with Crippen molar-refractivity contribution in [1.29, 1.82) is 0 Å². The first-order chi connectivity index (χ1) is 7.22. The Bertz CT molecular complexity index is 502. The number of carbonyl (C=O) groups is 1. The zero-order chi connectivity index (χ0) is 10.8. The van der Waals surface area contributed by atoms with Crippen LogP contribution in [0.25, 0.3) is 10.9 Å². The number of nitrogens with one attached hydrogen (secondary N) is 1. The Morgan fingerprint density at radius 2 is 2.33 bits per heavy atom.